The van der Waals surface area contributed by atoms with Crippen LogP contribution in [0.3, 0.4) is 0 Å². The van der Waals surface area contributed by atoms with Crippen LogP contribution in [0, 0.1) is 11.7 Å². The average Bonchev–Trinajstić information content (AvgIpc) is 3.63. The van der Waals surface area contributed by atoms with Crippen LogP contribution in [0.5, 0.6) is 0 Å². The van der Waals surface area contributed by atoms with Crippen molar-refractivity contribution in [1.29, 1.82) is 0 Å². The minimum Gasteiger partial charge on any atom is -0.379 e. The molecule has 1 saturated heterocycles. The third kappa shape index (κ3) is 6.08. The van der Waals surface area contributed by atoms with Gasteiger partial charge in [0, 0.05) is 44.1 Å². The Bertz CT molecular complexity index is 1110. The lowest BCUT2D eigenvalue weighted by molar-refractivity contribution is -0.144. The second-order valence-electron chi connectivity index (χ2n) is 10.1. The molecule has 3 aliphatic rings. The van der Waals surface area contributed by atoms with E-state index in [4.69, 9.17) is 4.74 Å². The molecule has 1 unspecified atom stereocenters. The predicted molar refractivity (Wildman–Crippen MR) is 139 cm³/mol. The number of nitrogens with zero attached hydrogens (tertiary/aromatic N) is 4. The summed E-state index contributed by atoms with van der Waals surface area (Å²) in [6, 6.07) is 15.9. The zero-order chi connectivity index (χ0) is 25.6. The first-order valence-electron chi connectivity index (χ1n) is 13.4. The number of benzene rings is 2. The van der Waals surface area contributed by atoms with Crippen molar-refractivity contribution in [2.75, 3.05) is 45.9 Å². The fraction of sp³-hybridized carbons (Fsp3) is 0.483. The highest BCUT2D eigenvalue weighted by Gasteiger charge is 2.36. The summed E-state index contributed by atoms with van der Waals surface area (Å²) in [7, 11) is 0. The SMILES string of the molecule is O=C(C1CCCC1)N(CCN1CCOCC1)CC(=O)N1N=C(c2ccccc2F)CC1c1ccccc1. The van der Waals surface area contributed by atoms with Gasteiger partial charge in [0.15, 0.2) is 0 Å². The van der Waals surface area contributed by atoms with E-state index in [1.807, 2.05) is 30.3 Å². The molecule has 8 heteroatoms. The zero-order valence-corrected chi connectivity index (χ0v) is 21.2. The Morgan fingerprint density at radius 2 is 1.70 bits per heavy atom. The highest BCUT2D eigenvalue weighted by Crippen LogP contribution is 2.34. The van der Waals surface area contributed by atoms with Crippen molar-refractivity contribution in [3.8, 4) is 0 Å². The standard InChI is InChI=1S/C29H35FN4O3/c30-25-13-7-6-12-24(25)26-20-27(22-8-2-1-3-9-22)34(31-26)28(35)21-33(29(36)23-10-4-5-11-23)15-14-32-16-18-37-19-17-32/h1-3,6-9,12-13,23,27H,4-5,10-11,14-21H2. The number of halogens is 1. The zero-order valence-electron chi connectivity index (χ0n) is 21.2. The maximum Gasteiger partial charge on any atom is 0.262 e. The van der Waals surface area contributed by atoms with Crippen molar-refractivity contribution in [3.63, 3.8) is 0 Å². The highest BCUT2D eigenvalue weighted by molar-refractivity contribution is 6.03. The van der Waals surface area contributed by atoms with Gasteiger partial charge in [-0.2, -0.15) is 5.10 Å². The van der Waals surface area contributed by atoms with Crippen LogP contribution >= 0.6 is 0 Å². The summed E-state index contributed by atoms with van der Waals surface area (Å²) in [5.74, 6) is -0.550. The van der Waals surface area contributed by atoms with E-state index in [1.165, 1.54) is 11.1 Å². The topological polar surface area (TPSA) is 65.5 Å². The van der Waals surface area contributed by atoms with Crippen molar-refractivity contribution in [1.82, 2.24) is 14.8 Å². The van der Waals surface area contributed by atoms with Crippen LogP contribution in [0.1, 0.15) is 49.3 Å². The Morgan fingerprint density at radius 1 is 1.00 bits per heavy atom. The number of rotatable bonds is 8. The molecule has 0 spiro atoms. The van der Waals surface area contributed by atoms with E-state index >= 15 is 0 Å². The second-order valence-corrected chi connectivity index (χ2v) is 10.1. The maximum absolute atomic E-state index is 14.6. The highest BCUT2D eigenvalue weighted by atomic mass is 19.1. The van der Waals surface area contributed by atoms with Crippen molar-refractivity contribution < 1.29 is 18.7 Å². The monoisotopic (exact) mass is 506 g/mol. The molecule has 2 aromatic rings. The predicted octanol–water partition coefficient (Wildman–Crippen LogP) is 3.85. The molecular weight excluding hydrogens is 471 g/mol. The fourth-order valence-corrected chi connectivity index (χ4v) is 5.55. The Hall–Kier alpha value is -3.10. The molecule has 0 bridgehead atoms. The molecule has 1 saturated carbocycles. The van der Waals surface area contributed by atoms with E-state index in [-0.39, 0.29) is 36.1 Å². The quantitative estimate of drug-likeness (QED) is 0.546. The number of carbonyl (C=O) groups excluding carboxylic acids is 2. The summed E-state index contributed by atoms with van der Waals surface area (Å²) >= 11 is 0. The molecule has 2 fully saturated rings. The van der Waals surface area contributed by atoms with Crippen LogP contribution < -0.4 is 0 Å². The minimum absolute atomic E-state index is 0.0153. The summed E-state index contributed by atoms with van der Waals surface area (Å²) in [6.45, 7) is 4.22. The van der Waals surface area contributed by atoms with Gasteiger partial charge in [0.1, 0.15) is 12.4 Å². The lowest BCUT2D eigenvalue weighted by Crippen LogP contribution is -2.47. The molecule has 0 N–H and O–H groups in total. The molecule has 196 valence electrons. The van der Waals surface area contributed by atoms with Gasteiger partial charge in [-0.15, -0.1) is 0 Å². The van der Waals surface area contributed by atoms with Crippen molar-refractivity contribution >= 4 is 17.5 Å². The van der Waals surface area contributed by atoms with Gasteiger partial charge in [-0.1, -0.05) is 61.4 Å². The van der Waals surface area contributed by atoms with Gasteiger partial charge in [0.05, 0.1) is 25.0 Å². The molecule has 2 heterocycles. The normalized spacial score (nSPS) is 20.7. The summed E-state index contributed by atoms with van der Waals surface area (Å²) in [5, 5.41) is 6.11. The molecule has 1 aliphatic carbocycles. The van der Waals surface area contributed by atoms with E-state index < -0.39 is 0 Å². The molecule has 2 amide bonds. The minimum atomic E-state index is -0.356. The number of hydrazone groups is 1. The van der Waals surface area contributed by atoms with Crippen LogP contribution in [0.15, 0.2) is 59.7 Å². The third-order valence-electron chi connectivity index (χ3n) is 7.67. The fourth-order valence-electron chi connectivity index (χ4n) is 5.55. The van der Waals surface area contributed by atoms with Crippen LogP contribution in [-0.2, 0) is 14.3 Å². The Labute approximate surface area is 217 Å². The molecule has 0 aromatic heterocycles. The largest absolute Gasteiger partial charge is 0.379 e. The first kappa shape index (κ1) is 25.5. The molecule has 2 aliphatic heterocycles. The number of morpholine rings is 1. The van der Waals surface area contributed by atoms with E-state index in [1.54, 1.807) is 23.1 Å². The van der Waals surface area contributed by atoms with Gasteiger partial charge >= 0.3 is 0 Å². The Balaban J connectivity index is 1.37. The first-order chi connectivity index (χ1) is 18.1. The van der Waals surface area contributed by atoms with Crippen LogP contribution in [-0.4, -0.2) is 78.3 Å². The van der Waals surface area contributed by atoms with Gasteiger partial charge in [-0.3, -0.25) is 14.5 Å². The van der Waals surface area contributed by atoms with E-state index in [2.05, 4.69) is 10.0 Å². The third-order valence-corrected chi connectivity index (χ3v) is 7.67. The van der Waals surface area contributed by atoms with Gasteiger partial charge in [0.25, 0.3) is 5.91 Å². The molecule has 2 aromatic carbocycles. The smallest absolute Gasteiger partial charge is 0.262 e. The van der Waals surface area contributed by atoms with Crippen LogP contribution in [0.25, 0.3) is 0 Å². The van der Waals surface area contributed by atoms with Crippen LogP contribution in [0.4, 0.5) is 4.39 Å². The molecule has 0 radical (unpaired) electrons. The van der Waals surface area contributed by atoms with Gasteiger partial charge < -0.3 is 9.64 Å². The van der Waals surface area contributed by atoms with Crippen molar-refractivity contribution in [2.45, 2.75) is 38.1 Å². The summed E-state index contributed by atoms with van der Waals surface area (Å²) in [6.07, 6.45) is 4.29. The van der Waals surface area contributed by atoms with E-state index in [9.17, 15) is 14.0 Å². The van der Waals surface area contributed by atoms with Gasteiger partial charge in [-0.05, 0) is 24.5 Å². The maximum atomic E-state index is 14.6. The van der Waals surface area contributed by atoms with Crippen LogP contribution in [0.2, 0.25) is 0 Å². The summed E-state index contributed by atoms with van der Waals surface area (Å²) in [4.78, 5) is 31.3. The summed E-state index contributed by atoms with van der Waals surface area (Å²) < 4.78 is 20.1. The number of hydrogen-bond donors (Lipinski definition) is 0. The Kier molecular flexibility index (Phi) is 8.26. The lowest BCUT2D eigenvalue weighted by atomic mass is 9.98. The number of ether oxygens (including phenoxy) is 1. The average molecular weight is 507 g/mol. The van der Waals surface area contributed by atoms with Crippen molar-refractivity contribution in [3.05, 3.63) is 71.5 Å². The second kappa shape index (κ2) is 12.0. The first-order valence-corrected chi connectivity index (χ1v) is 13.4. The molecule has 37 heavy (non-hydrogen) atoms. The molecule has 5 rings (SSSR count). The lowest BCUT2D eigenvalue weighted by Gasteiger charge is -2.32. The van der Waals surface area contributed by atoms with E-state index in [0.717, 1.165) is 44.3 Å². The van der Waals surface area contributed by atoms with Gasteiger partial charge in [-0.25, -0.2) is 9.40 Å². The Morgan fingerprint density at radius 3 is 2.43 bits per heavy atom. The van der Waals surface area contributed by atoms with E-state index in [0.29, 0.717) is 44.0 Å². The number of hydrogen-bond acceptors (Lipinski definition) is 5. The number of amides is 2. The van der Waals surface area contributed by atoms with Gasteiger partial charge in [0.2, 0.25) is 5.91 Å². The molecule has 1 atom stereocenters. The number of carbonyl (C=O) groups is 2. The van der Waals surface area contributed by atoms with Crippen molar-refractivity contribution in [2.24, 2.45) is 11.0 Å². The molecule has 7 nitrogen and oxygen atoms in total. The summed E-state index contributed by atoms with van der Waals surface area (Å²) in [5.41, 5.74) is 1.89. The molecular formula is C29H35FN4O3.